The third-order valence-corrected chi connectivity index (χ3v) is 3.61. The molecule has 2 aromatic rings. The monoisotopic (exact) mass is 284 g/mol. The Balaban J connectivity index is 1.97. The Morgan fingerprint density at radius 2 is 1.95 bits per heavy atom. The minimum atomic E-state index is -0.183. The molecular formula is C17H20N2O2. The number of rotatable bonds is 6. The van der Waals surface area contributed by atoms with E-state index in [4.69, 9.17) is 0 Å². The largest absolute Gasteiger partial charge is 0.356 e. The lowest BCUT2D eigenvalue weighted by Crippen LogP contribution is -2.28. The fraction of sp³-hybridized carbons (Fsp3) is 0.294. The third kappa shape index (κ3) is 3.81. The lowest BCUT2D eigenvalue weighted by atomic mass is 9.96. The highest BCUT2D eigenvalue weighted by atomic mass is 16.2. The topological polar surface area (TPSA) is 62.0 Å². The number of nitrogens with one attached hydrogen (secondary N) is 2. The molecule has 0 aliphatic rings. The van der Waals surface area contributed by atoms with Crippen molar-refractivity contribution in [3.63, 3.8) is 0 Å². The predicted molar refractivity (Wildman–Crippen MR) is 82.6 cm³/mol. The van der Waals surface area contributed by atoms with E-state index in [1.807, 2.05) is 18.2 Å². The molecule has 2 N–H and O–H groups in total. The number of hydrogen-bond donors (Lipinski definition) is 2. The van der Waals surface area contributed by atoms with E-state index in [-0.39, 0.29) is 17.6 Å². The molecule has 0 aliphatic carbocycles. The molecular weight excluding hydrogens is 264 g/mol. The first kappa shape index (κ1) is 15.0. The van der Waals surface area contributed by atoms with Crippen LogP contribution in [0, 0.1) is 0 Å². The van der Waals surface area contributed by atoms with Crippen LogP contribution in [0.25, 0.3) is 0 Å². The van der Waals surface area contributed by atoms with Crippen molar-refractivity contribution >= 4 is 11.7 Å². The van der Waals surface area contributed by atoms with Gasteiger partial charge >= 0.3 is 0 Å². The molecule has 0 saturated heterocycles. The van der Waals surface area contributed by atoms with Crippen molar-refractivity contribution < 1.29 is 9.59 Å². The molecule has 1 aromatic carbocycles. The zero-order valence-corrected chi connectivity index (χ0v) is 12.3. The fourth-order valence-corrected chi connectivity index (χ4v) is 2.26. The maximum atomic E-state index is 12.1. The Morgan fingerprint density at radius 1 is 1.24 bits per heavy atom. The van der Waals surface area contributed by atoms with Crippen molar-refractivity contribution in [3.05, 3.63) is 59.4 Å². The highest BCUT2D eigenvalue weighted by Crippen LogP contribution is 2.18. The summed E-state index contributed by atoms with van der Waals surface area (Å²) in [4.78, 5) is 26.1. The molecule has 1 heterocycles. The summed E-state index contributed by atoms with van der Waals surface area (Å²) in [5.74, 6) is 0.0512. The molecule has 0 radical (unpaired) electrons. The van der Waals surface area contributed by atoms with Crippen molar-refractivity contribution in [3.8, 4) is 0 Å². The molecule has 1 amide bonds. The molecule has 0 aliphatic heterocycles. The molecule has 21 heavy (non-hydrogen) atoms. The van der Waals surface area contributed by atoms with Crippen molar-refractivity contribution in [2.75, 3.05) is 6.54 Å². The second-order valence-electron chi connectivity index (χ2n) is 5.08. The predicted octanol–water partition coefficient (Wildman–Crippen LogP) is 3.14. The standard InChI is InChI=1S/C17H20N2O2/c1-3-13(14-7-5-4-6-8-14)10-19-17(21)16-9-15(11-18-16)12(2)20/h4-9,11,13,18H,3,10H2,1-2H3,(H,19,21)/t13-/m0/s1. The summed E-state index contributed by atoms with van der Waals surface area (Å²) in [5, 5.41) is 2.92. The average molecular weight is 284 g/mol. The van der Waals surface area contributed by atoms with E-state index in [2.05, 4.69) is 29.4 Å². The normalized spacial score (nSPS) is 11.9. The summed E-state index contributed by atoms with van der Waals surface area (Å²) in [6, 6.07) is 11.7. The molecule has 0 fully saturated rings. The molecule has 4 nitrogen and oxygen atoms in total. The van der Waals surface area contributed by atoms with E-state index < -0.39 is 0 Å². The van der Waals surface area contributed by atoms with Crippen molar-refractivity contribution in [2.45, 2.75) is 26.2 Å². The van der Waals surface area contributed by atoms with E-state index in [0.717, 1.165) is 6.42 Å². The van der Waals surface area contributed by atoms with Gasteiger partial charge in [0.1, 0.15) is 5.69 Å². The number of aromatic nitrogens is 1. The number of carbonyl (C=O) groups excluding carboxylic acids is 2. The van der Waals surface area contributed by atoms with Crippen molar-refractivity contribution in [1.82, 2.24) is 10.3 Å². The first-order chi connectivity index (χ1) is 10.1. The Labute approximate surface area is 124 Å². The van der Waals surface area contributed by atoms with Crippen LogP contribution in [0.3, 0.4) is 0 Å². The van der Waals surface area contributed by atoms with Crippen LogP contribution in [0.1, 0.15) is 52.6 Å². The lowest BCUT2D eigenvalue weighted by molar-refractivity contribution is 0.0946. The maximum absolute atomic E-state index is 12.1. The van der Waals surface area contributed by atoms with Gasteiger partial charge in [-0.05, 0) is 25.0 Å². The van der Waals surface area contributed by atoms with Gasteiger partial charge in [-0.2, -0.15) is 0 Å². The molecule has 4 heteroatoms. The van der Waals surface area contributed by atoms with Gasteiger partial charge in [0.25, 0.3) is 5.91 Å². The molecule has 0 bridgehead atoms. The summed E-state index contributed by atoms with van der Waals surface area (Å²) < 4.78 is 0. The van der Waals surface area contributed by atoms with Gasteiger partial charge in [0.05, 0.1) is 0 Å². The zero-order chi connectivity index (χ0) is 15.2. The second-order valence-corrected chi connectivity index (χ2v) is 5.08. The van der Waals surface area contributed by atoms with E-state index in [0.29, 0.717) is 17.8 Å². The van der Waals surface area contributed by atoms with Crippen LogP contribution in [0.15, 0.2) is 42.6 Å². The summed E-state index contributed by atoms with van der Waals surface area (Å²) in [7, 11) is 0. The maximum Gasteiger partial charge on any atom is 0.267 e. The highest BCUT2D eigenvalue weighted by Gasteiger charge is 2.14. The molecule has 0 saturated carbocycles. The van der Waals surface area contributed by atoms with Crippen LogP contribution < -0.4 is 5.32 Å². The van der Waals surface area contributed by atoms with Crippen LogP contribution in [-0.2, 0) is 0 Å². The molecule has 0 spiro atoms. The van der Waals surface area contributed by atoms with Gasteiger partial charge in [0.15, 0.2) is 5.78 Å². The second kappa shape index (κ2) is 6.88. The number of Topliss-reactive ketones (excluding diaryl/α,β-unsaturated/α-hetero) is 1. The molecule has 110 valence electrons. The zero-order valence-electron chi connectivity index (χ0n) is 12.3. The van der Waals surface area contributed by atoms with E-state index in [9.17, 15) is 9.59 Å². The van der Waals surface area contributed by atoms with Crippen LogP contribution in [0.4, 0.5) is 0 Å². The quantitative estimate of drug-likeness (QED) is 0.800. The minimum absolute atomic E-state index is 0.0546. The van der Waals surface area contributed by atoms with Gasteiger partial charge in [0.2, 0.25) is 0 Å². The Morgan fingerprint density at radius 3 is 2.52 bits per heavy atom. The number of H-pyrrole nitrogens is 1. The highest BCUT2D eigenvalue weighted by molar-refractivity contribution is 5.99. The Kier molecular flexibility index (Phi) is 4.93. The Hall–Kier alpha value is -2.36. The van der Waals surface area contributed by atoms with Gasteiger partial charge in [-0.15, -0.1) is 0 Å². The van der Waals surface area contributed by atoms with Gasteiger partial charge in [-0.25, -0.2) is 0 Å². The lowest BCUT2D eigenvalue weighted by Gasteiger charge is -2.15. The number of ketones is 1. The van der Waals surface area contributed by atoms with Crippen molar-refractivity contribution in [1.29, 1.82) is 0 Å². The summed E-state index contributed by atoms with van der Waals surface area (Å²) in [5.41, 5.74) is 2.16. The van der Waals surface area contributed by atoms with Crippen LogP contribution in [-0.4, -0.2) is 23.2 Å². The molecule has 0 unspecified atom stereocenters. The number of amides is 1. The van der Waals surface area contributed by atoms with Crippen LogP contribution >= 0.6 is 0 Å². The van der Waals surface area contributed by atoms with Gasteiger partial charge in [0, 0.05) is 24.2 Å². The number of aromatic amines is 1. The van der Waals surface area contributed by atoms with Crippen LogP contribution in [0.2, 0.25) is 0 Å². The first-order valence-corrected chi connectivity index (χ1v) is 7.14. The third-order valence-electron chi connectivity index (χ3n) is 3.61. The van der Waals surface area contributed by atoms with Gasteiger partial charge in [-0.3, -0.25) is 9.59 Å². The van der Waals surface area contributed by atoms with Crippen LogP contribution in [0.5, 0.6) is 0 Å². The van der Waals surface area contributed by atoms with Crippen molar-refractivity contribution in [2.24, 2.45) is 0 Å². The fourth-order valence-electron chi connectivity index (χ4n) is 2.26. The van der Waals surface area contributed by atoms with E-state index in [1.165, 1.54) is 12.5 Å². The minimum Gasteiger partial charge on any atom is -0.356 e. The SMILES string of the molecule is CC[C@@H](CNC(=O)c1cc(C(C)=O)c[nH]1)c1ccccc1. The van der Waals surface area contributed by atoms with E-state index >= 15 is 0 Å². The average Bonchev–Trinajstić information content (AvgIpc) is 2.99. The Bertz CT molecular complexity index is 617. The van der Waals surface area contributed by atoms with Gasteiger partial charge in [-0.1, -0.05) is 37.3 Å². The molecule has 1 aromatic heterocycles. The first-order valence-electron chi connectivity index (χ1n) is 7.14. The summed E-state index contributed by atoms with van der Waals surface area (Å²) in [6.45, 7) is 4.16. The number of carbonyl (C=O) groups is 2. The smallest absolute Gasteiger partial charge is 0.267 e. The molecule has 1 atom stereocenters. The van der Waals surface area contributed by atoms with Gasteiger partial charge < -0.3 is 10.3 Å². The summed E-state index contributed by atoms with van der Waals surface area (Å²) >= 11 is 0. The summed E-state index contributed by atoms with van der Waals surface area (Å²) in [6.07, 6.45) is 2.51. The number of benzene rings is 1. The molecule has 2 rings (SSSR count). The van der Waals surface area contributed by atoms with E-state index in [1.54, 1.807) is 12.3 Å². The number of hydrogen-bond acceptors (Lipinski definition) is 2.